The molecule has 0 saturated heterocycles. The largest absolute Gasteiger partial charge is 0.207 e. The van der Waals surface area contributed by atoms with E-state index in [9.17, 15) is 8.78 Å². The van der Waals surface area contributed by atoms with Crippen LogP contribution in [0.2, 0.25) is 0 Å². The second kappa shape index (κ2) is 5.93. The number of rotatable bonds is 3. The normalized spacial score (nSPS) is 12.4. The highest BCUT2D eigenvalue weighted by Crippen LogP contribution is 2.30. The van der Waals surface area contributed by atoms with Crippen LogP contribution in [0.1, 0.15) is 16.0 Å². The Morgan fingerprint density at radius 1 is 1.00 bits per heavy atom. The van der Waals surface area contributed by atoms with Crippen LogP contribution in [0, 0.1) is 11.6 Å². The van der Waals surface area contributed by atoms with Crippen molar-refractivity contribution in [1.82, 2.24) is 0 Å². The van der Waals surface area contributed by atoms with Gasteiger partial charge in [-0.05, 0) is 57.7 Å². The van der Waals surface area contributed by atoms with Crippen LogP contribution in [0.4, 0.5) is 8.78 Å². The summed E-state index contributed by atoms with van der Waals surface area (Å²) in [6.07, 6.45) is 0.721. The molecule has 0 aliphatic rings. The standard InChI is InChI=1S/C14H10Br2F2/c15-12(7-9-1-4-11(17)5-2-9)10-3-6-14(18)13(16)8-10/h1-6,8,12H,7H2. The molecule has 94 valence electrons. The lowest BCUT2D eigenvalue weighted by atomic mass is 10.0. The molecule has 0 fully saturated rings. The molecular formula is C14H10Br2F2. The predicted octanol–water partition coefficient (Wildman–Crippen LogP) is 5.41. The molecule has 0 bridgehead atoms. The maximum absolute atomic E-state index is 13.1. The van der Waals surface area contributed by atoms with Crippen molar-refractivity contribution >= 4 is 31.9 Å². The third-order valence-electron chi connectivity index (χ3n) is 2.63. The van der Waals surface area contributed by atoms with Gasteiger partial charge in [0.25, 0.3) is 0 Å². The summed E-state index contributed by atoms with van der Waals surface area (Å²) in [5.74, 6) is -0.519. The first-order valence-electron chi connectivity index (χ1n) is 5.40. The highest BCUT2D eigenvalue weighted by Gasteiger charge is 2.10. The maximum atomic E-state index is 13.1. The fraction of sp³-hybridized carbons (Fsp3) is 0.143. The lowest BCUT2D eigenvalue weighted by molar-refractivity contribution is 0.620. The van der Waals surface area contributed by atoms with Gasteiger partial charge in [0, 0.05) is 4.83 Å². The molecule has 0 radical (unpaired) electrons. The van der Waals surface area contributed by atoms with Crippen LogP contribution >= 0.6 is 31.9 Å². The zero-order chi connectivity index (χ0) is 13.1. The zero-order valence-electron chi connectivity index (χ0n) is 9.34. The van der Waals surface area contributed by atoms with Gasteiger partial charge in [-0.15, -0.1) is 0 Å². The van der Waals surface area contributed by atoms with Gasteiger partial charge in [-0.3, -0.25) is 0 Å². The minimum atomic E-state index is -0.278. The van der Waals surface area contributed by atoms with Crippen molar-refractivity contribution in [3.05, 3.63) is 69.7 Å². The summed E-state index contributed by atoms with van der Waals surface area (Å²) < 4.78 is 26.4. The van der Waals surface area contributed by atoms with E-state index in [0.717, 1.165) is 17.5 Å². The Labute approximate surface area is 121 Å². The zero-order valence-corrected chi connectivity index (χ0v) is 12.5. The summed E-state index contributed by atoms with van der Waals surface area (Å²) in [6, 6.07) is 11.3. The molecule has 2 aromatic carbocycles. The molecule has 4 heteroatoms. The maximum Gasteiger partial charge on any atom is 0.137 e. The SMILES string of the molecule is Fc1ccc(CC(Br)c2ccc(F)c(Br)c2)cc1. The molecule has 2 aromatic rings. The molecule has 0 aliphatic carbocycles. The fourth-order valence-electron chi connectivity index (χ4n) is 1.65. The van der Waals surface area contributed by atoms with Crippen molar-refractivity contribution in [3.63, 3.8) is 0 Å². The Balaban J connectivity index is 2.13. The molecule has 0 N–H and O–H groups in total. The second-order valence-electron chi connectivity index (χ2n) is 3.97. The Morgan fingerprint density at radius 2 is 1.67 bits per heavy atom. The van der Waals surface area contributed by atoms with Crippen LogP contribution in [-0.2, 0) is 6.42 Å². The fourth-order valence-corrected chi connectivity index (χ4v) is 2.71. The van der Waals surface area contributed by atoms with Crippen LogP contribution < -0.4 is 0 Å². The lowest BCUT2D eigenvalue weighted by Crippen LogP contribution is -1.96. The Hall–Kier alpha value is -0.740. The van der Waals surface area contributed by atoms with Crippen LogP contribution in [0.25, 0.3) is 0 Å². The van der Waals surface area contributed by atoms with Crippen molar-refractivity contribution in [3.8, 4) is 0 Å². The Bertz CT molecular complexity index is 538. The van der Waals surface area contributed by atoms with Gasteiger partial charge in [-0.25, -0.2) is 8.78 Å². The van der Waals surface area contributed by atoms with Gasteiger partial charge in [-0.1, -0.05) is 34.1 Å². The monoisotopic (exact) mass is 374 g/mol. The summed E-state index contributed by atoms with van der Waals surface area (Å²) in [7, 11) is 0. The summed E-state index contributed by atoms with van der Waals surface area (Å²) >= 11 is 6.73. The van der Waals surface area contributed by atoms with Gasteiger partial charge >= 0.3 is 0 Å². The molecule has 0 spiro atoms. The van der Waals surface area contributed by atoms with E-state index in [1.807, 2.05) is 0 Å². The molecule has 0 amide bonds. The van der Waals surface area contributed by atoms with E-state index in [4.69, 9.17) is 0 Å². The molecule has 0 heterocycles. The van der Waals surface area contributed by atoms with Crippen LogP contribution in [0.3, 0.4) is 0 Å². The first kappa shape index (κ1) is 13.7. The Morgan fingerprint density at radius 3 is 2.28 bits per heavy atom. The molecule has 0 aromatic heterocycles. The molecule has 2 rings (SSSR count). The average molecular weight is 376 g/mol. The van der Waals surface area contributed by atoms with Crippen LogP contribution in [-0.4, -0.2) is 0 Å². The molecule has 1 atom stereocenters. The lowest BCUT2D eigenvalue weighted by Gasteiger charge is -2.11. The summed E-state index contributed by atoms with van der Waals surface area (Å²) in [4.78, 5) is 0.0693. The highest BCUT2D eigenvalue weighted by molar-refractivity contribution is 9.10. The molecule has 0 saturated carbocycles. The van der Waals surface area contributed by atoms with E-state index in [1.54, 1.807) is 24.3 Å². The van der Waals surface area contributed by atoms with Crippen molar-refractivity contribution < 1.29 is 8.78 Å². The first-order valence-corrected chi connectivity index (χ1v) is 7.10. The predicted molar refractivity (Wildman–Crippen MR) is 75.9 cm³/mol. The third kappa shape index (κ3) is 3.39. The van der Waals surface area contributed by atoms with Gasteiger partial charge in [0.2, 0.25) is 0 Å². The third-order valence-corrected chi connectivity index (χ3v) is 4.09. The number of benzene rings is 2. The molecular weight excluding hydrogens is 366 g/mol. The van der Waals surface area contributed by atoms with Crippen molar-refractivity contribution in [2.45, 2.75) is 11.2 Å². The topological polar surface area (TPSA) is 0 Å². The van der Waals surface area contributed by atoms with Crippen molar-refractivity contribution in [2.75, 3.05) is 0 Å². The number of hydrogen-bond donors (Lipinski definition) is 0. The number of halogens is 4. The quantitative estimate of drug-likeness (QED) is 0.629. The molecule has 0 nitrogen and oxygen atoms in total. The van der Waals surface area contributed by atoms with Gasteiger partial charge in [0.1, 0.15) is 11.6 Å². The van der Waals surface area contributed by atoms with E-state index >= 15 is 0 Å². The highest BCUT2D eigenvalue weighted by atomic mass is 79.9. The van der Waals surface area contributed by atoms with Crippen LogP contribution in [0.5, 0.6) is 0 Å². The number of alkyl halides is 1. The van der Waals surface area contributed by atoms with E-state index in [0.29, 0.717) is 4.47 Å². The van der Waals surface area contributed by atoms with Gasteiger partial charge in [0.05, 0.1) is 4.47 Å². The average Bonchev–Trinajstić information content (AvgIpc) is 2.35. The van der Waals surface area contributed by atoms with Crippen molar-refractivity contribution in [1.29, 1.82) is 0 Å². The van der Waals surface area contributed by atoms with E-state index in [1.165, 1.54) is 18.2 Å². The molecule has 1 unspecified atom stereocenters. The summed E-state index contributed by atoms with van der Waals surface area (Å²) in [5, 5.41) is 0. The first-order chi connectivity index (χ1) is 8.56. The Kier molecular flexibility index (Phi) is 4.51. The van der Waals surface area contributed by atoms with Gasteiger partial charge in [-0.2, -0.15) is 0 Å². The summed E-state index contributed by atoms with van der Waals surface area (Å²) in [6.45, 7) is 0. The molecule has 18 heavy (non-hydrogen) atoms. The van der Waals surface area contributed by atoms with Crippen LogP contribution in [0.15, 0.2) is 46.9 Å². The van der Waals surface area contributed by atoms with E-state index < -0.39 is 0 Å². The smallest absolute Gasteiger partial charge is 0.137 e. The van der Waals surface area contributed by atoms with Gasteiger partial charge in [0.15, 0.2) is 0 Å². The van der Waals surface area contributed by atoms with E-state index in [2.05, 4.69) is 31.9 Å². The summed E-state index contributed by atoms with van der Waals surface area (Å²) in [5.41, 5.74) is 2.01. The number of hydrogen-bond acceptors (Lipinski definition) is 0. The minimum Gasteiger partial charge on any atom is -0.207 e. The van der Waals surface area contributed by atoms with Crippen molar-refractivity contribution in [2.24, 2.45) is 0 Å². The van der Waals surface area contributed by atoms with Gasteiger partial charge < -0.3 is 0 Å². The molecule has 0 aliphatic heterocycles. The second-order valence-corrected chi connectivity index (χ2v) is 5.93. The minimum absolute atomic E-state index is 0.0693. The van der Waals surface area contributed by atoms with E-state index in [-0.39, 0.29) is 16.5 Å².